The third-order valence-electron chi connectivity index (χ3n) is 5.78. The Morgan fingerprint density at radius 2 is 1.80 bits per heavy atom. The van der Waals surface area contributed by atoms with Gasteiger partial charge in [0.1, 0.15) is 5.78 Å². The highest BCUT2D eigenvalue weighted by molar-refractivity contribution is 5.88. The van der Waals surface area contributed by atoms with Gasteiger partial charge in [-0.1, -0.05) is 13.3 Å². The van der Waals surface area contributed by atoms with Gasteiger partial charge in [-0.25, -0.2) is 0 Å². The molecule has 1 amide bonds. The second-order valence-corrected chi connectivity index (χ2v) is 6.98. The Kier molecular flexibility index (Phi) is 4.13. The number of ketones is 1. The fraction of sp³-hybridized carbons (Fsp3) is 0.882. The molecule has 112 valence electrons. The molecule has 1 saturated heterocycles. The summed E-state index contributed by atoms with van der Waals surface area (Å²) < 4.78 is 0. The van der Waals surface area contributed by atoms with Crippen LogP contribution in [0.15, 0.2) is 0 Å². The molecule has 0 N–H and O–H groups in total. The molecule has 3 fully saturated rings. The lowest BCUT2D eigenvalue weighted by molar-refractivity contribution is -0.145. The molecule has 3 nitrogen and oxygen atoms in total. The van der Waals surface area contributed by atoms with E-state index in [-0.39, 0.29) is 17.8 Å². The third-order valence-corrected chi connectivity index (χ3v) is 5.78. The summed E-state index contributed by atoms with van der Waals surface area (Å²) in [6.07, 6.45) is 9.56. The number of piperidine rings is 1. The fourth-order valence-electron chi connectivity index (χ4n) is 4.63. The second-order valence-electron chi connectivity index (χ2n) is 6.98. The minimum Gasteiger partial charge on any atom is -0.339 e. The smallest absolute Gasteiger partial charge is 0.225 e. The van der Waals surface area contributed by atoms with Crippen molar-refractivity contribution < 1.29 is 9.59 Å². The van der Waals surface area contributed by atoms with E-state index in [1.807, 2.05) is 0 Å². The molecule has 0 aromatic carbocycles. The highest BCUT2D eigenvalue weighted by Gasteiger charge is 2.43. The average Bonchev–Trinajstić information content (AvgIpc) is 2.46. The van der Waals surface area contributed by atoms with E-state index >= 15 is 0 Å². The first kappa shape index (κ1) is 14.1. The molecule has 3 aliphatic rings. The molecule has 1 aliphatic heterocycles. The van der Waals surface area contributed by atoms with E-state index in [0.29, 0.717) is 17.7 Å². The minimum absolute atomic E-state index is 0.134. The summed E-state index contributed by atoms with van der Waals surface area (Å²) in [4.78, 5) is 27.2. The maximum atomic E-state index is 12.9. The van der Waals surface area contributed by atoms with Crippen molar-refractivity contribution in [3.05, 3.63) is 0 Å². The maximum Gasteiger partial charge on any atom is 0.225 e. The molecule has 0 aromatic heterocycles. The minimum atomic E-state index is 0.134. The van der Waals surface area contributed by atoms with Crippen LogP contribution in [0.25, 0.3) is 0 Å². The number of Topliss-reactive ketones (excluding diaryl/α,β-unsaturated/α-hetero) is 1. The van der Waals surface area contributed by atoms with E-state index in [4.69, 9.17) is 0 Å². The second kappa shape index (κ2) is 5.87. The summed E-state index contributed by atoms with van der Waals surface area (Å²) in [6.45, 7) is 3.13. The summed E-state index contributed by atoms with van der Waals surface area (Å²) in [5.74, 6) is 1.35. The SMILES string of the molecule is CC[C@H]1CCCCN1C(=O)C1C[C@H]2CCC[C@@H](C1)C2=O. The Balaban J connectivity index is 1.69. The lowest BCUT2D eigenvalue weighted by atomic mass is 9.66. The highest BCUT2D eigenvalue weighted by atomic mass is 16.2. The zero-order valence-electron chi connectivity index (χ0n) is 12.6. The molecule has 4 atom stereocenters. The van der Waals surface area contributed by atoms with Crippen LogP contribution >= 0.6 is 0 Å². The van der Waals surface area contributed by atoms with Crippen molar-refractivity contribution in [2.24, 2.45) is 17.8 Å². The van der Waals surface area contributed by atoms with E-state index in [1.165, 1.54) is 19.3 Å². The normalized spacial score (nSPS) is 37.9. The molecule has 20 heavy (non-hydrogen) atoms. The first-order valence-corrected chi connectivity index (χ1v) is 8.55. The van der Waals surface area contributed by atoms with E-state index in [1.54, 1.807) is 0 Å². The van der Waals surface area contributed by atoms with Gasteiger partial charge in [-0.15, -0.1) is 0 Å². The molecule has 2 bridgehead atoms. The Hall–Kier alpha value is -0.860. The van der Waals surface area contributed by atoms with Crippen molar-refractivity contribution in [2.75, 3.05) is 6.54 Å². The van der Waals surface area contributed by atoms with Gasteiger partial charge in [0.25, 0.3) is 0 Å². The number of fused-ring (bicyclic) bond motifs is 2. The Labute approximate surface area is 122 Å². The van der Waals surface area contributed by atoms with Crippen LogP contribution < -0.4 is 0 Å². The summed E-state index contributed by atoms with van der Waals surface area (Å²) >= 11 is 0. The van der Waals surface area contributed by atoms with E-state index in [9.17, 15) is 9.59 Å². The zero-order valence-corrected chi connectivity index (χ0v) is 12.6. The zero-order chi connectivity index (χ0) is 14.1. The molecule has 2 saturated carbocycles. The Morgan fingerprint density at radius 3 is 2.45 bits per heavy atom. The summed E-state index contributed by atoms with van der Waals surface area (Å²) in [5, 5.41) is 0. The van der Waals surface area contributed by atoms with Gasteiger partial charge in [0.2, 0.25) is 5.91 Å². The molecule has 0 aromatic rings. The number of rotatable bonds is 2. The number of hydrogen-bond donors (Lipinski definition) is 0. The van der Waals surface area contributed by atoms with E-state index in [2.05, 4.69) is 11.8 Å². The van der Waals surface area contributed by atoms with Crippen LogP contribution in [0.2, 0.25) is 0 Å². The third kappa shape index (κ3) is 2.51. The summed E-state index contributed by atoms with van der Waals surface area (Å²) in [7, 11) is 0. The molecule has 1 heterocycles. The monoisotopic (exact) mass is 277 g/mol. The maximum absolute atomic E-state index is 12.9. The predicted octanol–water partition coefficient (Wildman–Crippen LogP) is 3.17. The van der Waals surface area contributed by atoms with Crippen LogP contribution in [0.1, 0.15) is 64.7 Å². The average molecular weight is 277 g/mol. The van der Waals surface area contributed by atoms with Gasteiger partial charge < -0.3 is 4.90 Å². The van der Waals surface area contributed by atoms with Crippen molar-refractivity contribution in [1.29, 1.82) is 0 Å². The van der Waals surface area contributed by atoms with Gasteiger partial charge in [-0.3, -0.25) is 9.59 Å². The Bertz CT molecular complexity index is 376. The summed E-state index contributed by atoms with van der Waals surface area (Å²) in [5.41, 5.74) is 0. The van der Waals surface area contributed by atoms with Gasteiger partial charge in [-0.05, 0) is 51.4 Å². The largest absolute Gasteiger partial charge is 0.339 e. The molecule has 3 heteroatoms. The number of carbonyl (C=O) groups is 2. The highest BCUT2D eigenvalue weighted by Crippen LogP contribution is 2.41. The van der Waals surface area contributed by atoms with Gasteiger partial charge in [0, 0.05) is 30.3 Å². The lowest BCUT2D eigenvalue weighted by Gasteiger charge is -2.42. The first-order valence-electron chi connectivity index (χ1n) is 8.55. The molecular weight excluding hydrogens is 250 g/mol. The fourth-order valence-corrected chi connectivity index (χ4v) is 4.63. The van der Waals surface area contributed by atoms with Crippen molar-refractivity contribution in [1.82, 2.24) is 4.90 Å². The van der Waals surface area contributed by atoms with Crippen molar-refractivity contribution in [3.63, 3.8) is 0 Å². The van der Waals surface area contributed by atoms with E-state index in [0.717, 1.165) is 45.1 Å². The molecule has 0 radical (unpaired) electrons. The van der Waals surface area contributed by atoms with Crippen LogP contribution in [0.4, 0.5) is 0 Å². The van der Waals surface area contributed by atoms with Crippen LogP contribution in [0, 0.1) is 17.8 Å². The number of carbonyl (C=O) groups excluding carboxylic acids is 2. The molecular formula is C17H27NO2. The van der Waals surface area contributed by atoms with Crippen LogP contribution in [-0.4, -0.2) is 29.2 Å². The number of amides is 1. The van der Waals surface area contributed by atoms with Gasteiger partial charge in [0.15, 0.2) is 0 Å². The molecule has 3 rings (SSSR count). The van der Waals surface area contributed by atoms with Gasteiger partial charge in [-0.2, -0.15) is 0 Å². The quantitative estimate of drug-likeness (QED) is 0.777. The predicted molar refractivity (Wildman–Crippen MR) is 78.2 cm³/mol. The Morgan fingerprint density at radius 1 is 1.10 bits per heavy atom. The van der Waals surface area contributed by atoms with Crippen molar-refractivity contribution in [2.45, 2.75) is 70.8 Å². The summed E-state index contributed by atoms with van der Waals surface area (Å²) in [6, 6.07) is 0.453. The lowest BCUT2D eigenvalue weighted by Crippen LogP contribution is -2.49. The van der Waals surface area contributed by atoms with E-state index < -0.39 is 0 Å². The molecule has 1 unspecified atom stereocenters. The topological polar surface area (TPSA) is 37.4 Å². The first-order chi connectivity index (χ1) is 9.70. The van der Waals surface area contributed by atoms with Crippen LogP contribution in [-0.2, 0) is 9.59 Å². The van der Waals surface area contributed by atoms with Crippen LogP contribution in [0.3, 0.4) is 0 Å². The van der Waals surface area contributed by atoms with Gasteiger partial charge in [0.05, 0.1) is 0 Å². The number of likely N-dealkylation sites (tertiary alicyclic amines) is 1. The molecule has 2 aliphatic carbocycles. The number of hydrogen-bond acceptors (Lipinski definition) is 2. The van der Waals surface area contributed by atoms with Crippen LogP contribution in [0.5, 0.6) is 0 Å². The number of nitrogens with zero attached hydrogens (tertiary/aromatic N) is 1. The van der Waals surface area contributed by atoms with Crippen molar-refractivity contribution >= 4 is 11.7 Å². The standard InChI is InChI=1S/C17H27NO2/c1-2-15-8-3-4-9-18(15)17(20)14-10-12-6-5-7-13(11-14)16(12)19/h12-15H,2-11H2,1H3/t12-,13+,14?,15-/m0/s1. The van der Waals surface area contributed by atoms with Crippen molar-refractivity contribution in [3.8, 4) is 0 Å². The van der Waals surface area contributed by atoms with Gasteiger partial charge >= 0.3 is 0 Å². The molecule has 0 spiro atoms.